The van der Waals surface area contributed by atoms with E-state index in [0.29, 0.717) is 32.5 Å². The molecule has 1 heterocycles. The van der Waals surface area contributed by atoms with Crippen LogP contribution in [0.3, 0.4) is 0 Å². The van der Waals surface area contributed by atoms with Gasteiger partial charge in [0, 0.05) is 16.1 Å². The lowest BCUT2D eigenvalue weighted by Crippen LogP contribution is -2.27. The number of halogens is 1. The second-order valence-corrected chi connectivity index (χ2v) is 8.02. The van der Waals surface area contributed by atoms with E-state index in [1.807, 2.05) is 30.3 Å². The Morgan fingerprint density at radius 1 is 1.00 bits per heavy atom. The summed E-state index contributed by atoms with van der Waals surface area (Å²) in [6.45, 7) is 0.209. The standard InChI is InChI=1S/C24H15ClN2O3S/c25-19-9-11-20(12-10-19)27-23(28)22(31-24(27)29)13-16-5-3-4-8-21(16)30-15-18-7-2-1-6-17(18)14-26/h1-13H,15H2. The van der Waals surface area contributed by atoms with Gasteiger partial charge in [0.25, 0.3) is 11.1 Å². The minimum atomic E-state index is -0.401. The molecule has 0 bridgehead atoms. The lowest BCUT2D eigenvalue weighted by molar-refractivity contribution is -0.113. The third-order valence-electron chi connectivity index (χ3n) is 4.61. The number of carbonyl (C=O) groups excluding carboxylic acids is 2. The number of para-hydroxylation sites is 1. The average Bonchev–Trinajstić information content (AvgIpc) is 3.07. The molecule has 1 aliphatic rings. The van der Waals surface area contributed by atoms with Gasteiger partial charge in [0.15, 0.2) is 0 Å². The van der Waals surface area contributed by atoms with E-state index in [0.717, 1.165) is 22.2 Å². The van der Waals surface area contributed by atoms with Gasteiger partial charge in [-0.3, -0.25) is 9.59 Å². The Hall–Kier alpha value is -3.53. The summed E-state index contributed by atoms with van der Waals surface area (Å²) in [5.74, 6) is 0.149. The van der Waals surface area contributed by atoms with Gasteiger partial charge in [0.2, 0.25) is 0 Å². The molecule has 1 fully saturated rings. The van der Waals surface area contributed by atoms with Crippen molar-refractivity contribution in [1.82, 2.24) is 0 Å². The highest BCUT2D eigenvalue weighted by molar-refractivity contribution is 8.19. The van der Waals surface area contributed by atoms with Crippen LogP contribution in [0.25, 0.3) is 6.08 Å². The molecular formula is C24H15ClN2O3S. The first kappa shape index (κ1) is 20.7. The van der Waals surface area contributed by atoms with Crippen molar-refractivity contribution in [3.8, 4) is 11.8 Å². The van der Waals surface area contributed by atoms with Crippen LogP contribution >= 0.6 is 23.4 Å². The average molecular weight is 447 g/mol. The van der Waals surface area contributed by atoms with E-state index in [1.165, 1.54) is 0 Å². The smallest absolute Gasteiger partial charge is 0.298 e. The summed E-state index contributed by atoms with van der Waals surface area (Å²) < 4.78 is 5.93. The predicted molar refractivity (Wildman–Crippen MR) is 122 cm³/mol. The van der Waals surface area contributed by atoms with Crippen molar-refractivity contribution >= 4 is 46.3 Å². The van der Waals surface area contributed by atoms with Crippen LogP contribution in [-0.4, -0.2) is 11.1 Å². The van der Waals surface area contributed by atoms with Crippen molar-refractivity contribution in [3.05, 3.63) is 99.4 Å². The molecule has 2 amide bonds. The number of carbonyl (C=O) groups is 2. The summed E-state index contributed by atoms with van der Waals surface area (Å²) >= 11 is 6.77. The minimum Gasteiger partial charge on any atom is -0.488 e. The van der Waals surface area contributed by atoms with Crippen LogP contribution in [0.15, 0.2) is 77.7 Å². The first-order chi connectivity index (χ1) is 15.1. The molecule has 4 rings (SSSR count). The van der Waals surface area contributed by atoms with Crippen LogP contribution in [0.5, 0.6) is 5.75 Å². The highest BCUT2D eigenvalue weighted by Crippen LogP contribution is 2.37. The molecule has 3 aromatic rings. The Labute approximate surface area is 188 Å². The maximum atomic E-state index is 12.9. The number of imide groups is 1. The highest BCUT2D eigenvalue weighted by Gasteiger charge is 2.36. The normalized spacial score (nSPS) is 14.7. The molecule has 0 radical (unpaired) electrons. The molecule has 31 heavy (non-hydrogen) atoms. The zero-order chi connectivity index (χ0) is 21.8. The van der Waals surface area contributed by atoms with Gasteiger partial charge >= 0.3 is 0 Å². The summed E-state index contributed by atoms with van der Waals surface area (Å²) in [7, 11) is 0. The topological polar surface area (TPSA) is 70.4 Å². The molecule has 0 spiro atoms. The fraction of sp³-hybridized carbons (Fsp3) is 0.0417. The SMILES string of the molecule is N#Cc1ccccc1COc1ccccc1C=C1SC(=O)N(c2ccc(Cl)cc2)C1=O. The molecular weight excluding hydrogens is 432 g/mol. The Balaban J connectivity index is 1.58. The van der Waals surface area contributed by atoms with Crippen molar-refractivity contribution in [2.45, 2.75) is 6.61 Å². The molecule has 0 atom stereocenters. The van der Waals surface area contributed by atoms with Gasteiger partial charge in [-0.1, -0.05) is 48.0 Å². The van der Waals surface area contributed by atoms with Gasteiger partial charge in [-0.05, 0) is 54.2 Å². The first-order valence-electron chi connectivity index (χ1n) is 9.30. The summed E-state index contributed by atoms with van der Waals surface area (Å²) in [4.78, 5) is 26.8. The minimum absolute atomic E-state index is 0.209. The number of ether oxygens (including phenoxy) is 1. The van der Waals surface area contributed by atoms with Gasteiger partial charge in [0.1, 0.15) is 12.4 Å². The molecule has 1 aliphatic heterocycles. The molecule has 0 aromatic heterocycles. The van der Waals surface area contributed by atoms with E-state index in [-0.39, 0.29) is 11.8 Å². The molecule has 1 saturated heterocycles. The second-order valence-electron chi connectivity index (χ2n) is 6.59. The van der Waals surface area contributed by atoms with Crippen LogP contribution in [0, 0.1) is 11.3 Å². The van der Waals surface area contributed by atoms with Crippen molar-refractivity contribution in [3.63, 3.8) is 0 Å². The zero-order valence-corrected chi connectivity index (χ0v) is 17.7. The van der Waals surface area contributed by atoms with Crippen molar-refractivity contribution in [2.75, 3.05) is 4.90 Å². The number of rotatable bonds is 5. The largest absolute Gasteiger partial charge is 0.488 e. The number of anilines is 1. The summed E-state index contributed by atoms with van der Waals surface area (Å²) in [5.41, 5.74) is 2.44. The van der Waals surface area contributed by atoms with Gasteiger partial charge in [-0.25, -0.2) is 4.90 Å². The third-order valence-corrected chi connectivity index (χ3v) is 5.73. The van der Waals surface area contributed by atoms with Crippen LogP contribution in [0.4, 0.5) is 10.5 Å². The summed E-state index contributed by atoms with van der Waals surface area (Å²) in [6, 6.07) is 23.1. The maximum Gasteiger partial charge on any atom is 0.298 e. The Bertz CT molecular complexity index is 1230. The number of nitriles is 1. The number of benzene rings is 3. The first-order valence-corrected chi connectivity index (χ1v) is 10.5. The van der Waals surface area contributed by atoms with Gasteiger partial charge < -0.3 is 4.74 Å². The van der Waals surface area contributed by atoms with E-state index in [4.69, 9.17) is 16.3 Å². The molecule has 0 unspecified atom stereocenters. The quantitative estimate of drug-likeness (QED) is 0.447. The fourth-order valence-electron chi connectivity index (χ4n) is 3.06. The fourth-order valence-corrected chi connectivity index (χ4v) is 4.02. The van der Waals surface area contributed by atoms with Crippen LogP contribution in [-0.2, 0) is 11.4 Å². The highest BCUT2D eigenvalue weighted by atomic mass is 35.5. The number of thioether (sulfide) groups is 1. The van der Waals surface area contributed by atoms with E-state index in [1.54, 1.807) is 48.5 Å². The van der Waals surface area contributed by atoms with Crippen molar-refractivity contribution < 1.29 is 14.3 Å². The van der Waals surface area contributed by atoms with Crippen molar-refractivity contribution in [2.24, 2.45) is 0 Å². The van der Waals surface area contributed by atoms with Gasteiger partial charge in [-0.2, -0.15) is 5.26 Å². The summed E-state index contributed by atoms with van der Waals surface area (Å²) in [5, 5.41) is 9.40. The number of hydrogen-bond donors (Lipinski definition) is 0. The lowest BCUT2D eigenvalue weighted by atomic mass is 10.1. The van der Waals surface area contributed by atoms with Crippen LogP contribution in [0.1, 0.15) is 16.7 Å². The van der Waals surface area contributed by atoms with Crippen molar-refractivity contribution in [1.29, 1.82) is 5.26 Å². The number of amides is 2. The molecule has 0 saturated carbocycles. The molecule has 0 aliphatic carbocycles. The zero-order valence-electron chi connectivity index (χ0n) is 16.1. The second kappa shape index (κ2) is 9.09. The monoisotopic (exact) mass is 446 g/mol. The molecule has 152 valence electrons. The van der Waals surface area contributed by atoms with E-state index >= 15 is 0 Å². The molecule has 7 heteroatoms. The Kier molecular flexibility index (Phi) is 6.08. The van der Waals surface area contributed by atoms with Gasteiger partial charge in [0.05, 0.1) is 22.2 Å². The van der Waals surface area contributed by atoms with E-state index in [2.05, 4.69) is 6.07 Å². The Morgan fingerprint density at radius 2 is 1.71 bits per heavy atom. The van der Waals surface area contributed by atoms with E-state index < -0.39 is 5.91 Å². The predicted octanol–water partition coefficient (Wildman–Crippen LogP) is 6.03. The lowest BCUT2D eigenvalue weighted by Gasteiger charge is -2.12. The van der Waals surface area contributed by atoms with Crippen LogP contribution < -0.4 is 9.64 Å². The van der Waals surface area contributed by atoms with E-state index in [9.17, 15) is 14.9 Å². The van der Waals surface area contributed by atoms with Crippen LogP contribution in [0.2, 0.25) is 5.02 Å². The maximum absolute atomic E-state index is 12.9. The number of hydrogen-bond acceptors (Lipinski definition) is 5. The number of nitrogens with zero attached hydrogens (tertiary/aromatic N) is 2. The molecule has 5 nitrogen and oxygen atoms in total. The summed E-state index contributed by atoms with van der Waals surface area (Å²) in [6.07, 6.45) is 1.65. The Morgan fingerprint density at radius 3 is 2.48 bits per heavy atom. The van der Waals surface area contributed by atoms with Gasteiger partial charge in [-0.15, -0.1) is 0 Å². The molecule has 0 N–H and O–H groups in total. The molecule has 3 aromatic carbocycles. The third kappa shape index (κ3) is 4.48.